The van der Waals surface area contributed by atoms with E-state index in [1.807, 2.05) is 24.3 Å². The van der Waals surface area contributed by atoms with Crippen molar-refractivity contribution >= 4 is 17.7 Å². The van der Waals surface area contributed by atoms with Gasteiger partial charge in [-0.2, -0.15) is 0 Å². The molecule has 170 valence electrons. The van der Waals surface area contributed by atoms with Gasteiger partial charge < -0.3 is 13.9 Å². The number of likely N-dealkylation sites (tertiary alicyclic amines) is 1. The van der Waals surface area contributed by atoms with E-state index in [4.69, 9.17) is 13.9 Å². The summed E-state index contributed by atoms with van der Waals surface area (Å²) in [7, 11) is 2.99. The first-order chi connectivity index (χ1) is 15.6. The predicted molar refractivity (Wildman–Crippen MR) is 121 cm³/mol. The molecule has 1 aliphatic heterocycles. The number of thioether (sulfide) groups is 1. The second-order valence-electron chi connectivity index (χ2n) is 7.69. The molecular weight excluding hydrogens is 428 g/mol. The number of esters is 1. The van der Waals surface area contributed by atoms with Crippen LogP contribution in [0, 0.1) is 0 Å². The maximum atomic E-state index is 11.7. The quantitative estimate of drug-likeness (QED) is 0.362. The zero-order chi connectivity index (χ0) is 22.5. The van der Waals surface area contributed by atoms with Crippen LogP contribution in [0.2, 0.25) is 0 Å². The molecule has 1 atom stereocenters. The highest BCUT2D eigenvalue weighted by Gasteiger charge is 2.26. The SMILES string of the molecule is COC(=O)c1ccc(CSc2nnc(C(C)N3CCCCC3)n2-c2ccc(OC)cc2)o1. The van der Waals surface area contributed by atoms with Crippen LogP contribution in [-0.2, 0) is 10.5 Å². The molecule has 0 N–H and O–H groups in total. The Kier molecular flexibility index (Phi) is 7.16. The number of aromatic nitrogens is 3. The van der Waals surface area contributed by atoms with Gasteiger partial charge in [-0.25, -0.2) is 4.79 Å². The topological polar surface area (TPSA) is 82.6 Å². The number of rotatable bonds is 8. The normalized spacial score (nSPS) is 15.5. The summed E-state index contributed by atoms with van der Waals surface area (Å²) in [5, 5.41) is 9.86. The van der Waals surface area contributed by atoms with Crippen molar-refractivity contribution in [2.45, 2.75) is 43.1 Å². The van der Waals surface area contributed by atoms with Crippen molar-refractivity contribution in [3.8, 4) is 11.4 Å². The Bertz CT molecular complexity index is 1040. The van der Waals surface area contributed by atoms with Crippen molar-refractivity contribution in [1.82, 2.24) is 19.7 Å². The van der Waals surface area contributed by atoms with Gasteiger partial charge >= 0.3 is 5.97 Å². The lowest BCUT2D eigenvalue weighted by atomic mass is 10.1. The van der Waals surface area contributed by atoms with Gasteiger partial charge in [0, 0.05) is 5.69 Å². The average Bonchev–Trinajstić information content (AvgIpc) is 3.49. The van der Waals surface area contributed by atoms with Gasteiger partial charge in [0.05, 0.1) is 26.0 Å². The Morgan fingerprint density at radius 3 is 2.53 bits per heavy atom. The molecule has 1 unspecified atom stereocenters. The molecule has 1 aliphatic rings. The fourth-order valence-electron chi connectivity index (χ4n) is 3.89. The minimum absolute atomic E-state index is 0.147. The molecule has 0 saturated carbocycles. The first-order valence-corrected chi connectivity index (χ1v) is 11.7. The van der Waals surface area contributed by atoms with E-state index in [1.54, 1.807) is 19.2 Å². The summed E-state index contributed by atoms with van der Waals surface area (Å²) < 4.78 is 17.7. The van der Waals surface area contributed by atoms with Gasteiger partial charge in [0.25, 0.3) is 0 Å². The third-order valence-electron chi connectivity index (χ3n) is 5.69. The number of carbonyl (C=O) groups excluding carboxylic acids is 1. The van der Waals surface area contributed by atoms with E-state index in [1.165, 1.54) is 38.1 Å². The Morgan fingerprint density at radius 2 is 1.84 bits per heavy atom. The van der Waals surface area contributed by atoms with Crippen LogP contribution in [0.1, 0.15) is 54.4 Å². The number of furan rings is 1. The van der Waals surface area contributed by atoms with E-state index in [-0.39, 0.29) is 11.8 Å². The monoisotopic (exact) mass is 456 g/mol. The van der Waals surface area contributed by atoms with Crippen molar-refractivity contribution in [3.63, 3.8) is 0 Å². The smallest absolute Gasteiger partial charge is 0.373 e. The van der Waals surface area contributed by atoms with E-state index >= 15 is 0 Å². The molecule has 0 amide bonds. The van der Waals surface area contributed by atoms with Gasteiger partial charge in [-0.15, -0.1) is 10.2 Å². The second-order valence-corrected chi connectivity index (χ2v) is 8.64. The lowest BCUT2D eigenvalue weighted by molar-refractivity contribution is 0.0563. The van der Waals surface area contributed by atoms with E-state index in [9.17, 15) is 4.79 Å². The summed E-state index contributed by atoms with van der Waals surface area (Å²) in [6, 6.07) is 11.5. The van der Waals surface area contributed by atoms with Gasteiger partial charge in [-0.05, 0) is 69.3 Å². The number of piperidine rings is 1. The van der Waals surface area contributed by atoms with Crippen LogP contribution < -0.4 is 4.74 Å². The minimum atomic E-state index is -0.486. The highest BCUT2D eigenvalue weighted by molar-refractivity contribution is 7.98. The summed E-state index contributed by atoms with van der Waals surface area (Å²) in [6.07, 6.45) is 3.71. The molecule has 9 heteroatoms. The maximum absolute atomic E-state index is 11.7. The Hall–Kier alpha value is -2.78. The summed E-state index contributed by atoms with van der Waals surface area (Å²) in [5.41, 5.74) is 0.979. The molecule has 3 heterocycles. The van der Waals surface area contributed by atoms with Gasteiger partial charge in [0.1, 0.15) is 11.5 Å². The first kappa shape index (κ1) is 22.4. The van der Waals surface area contributed by atoms with Crippen molar-refractivity contribution in [2.75, 3.05) is 27.3 Å². The van der Waals surface area contributed by atoms with Crippen LogP contribution in [0.4, 0.5) is 0 Å². The Labute approximate surface area is 191 Å². The lowest BCUT2D eigenvalue weighted by Crippen LogP contribution is -2.33. The lowest BCUT2D eigenvalue weighted by Gasteiger charge is -2.31. The van der Waals surface area contributed by atoms with Gasteiger partial charge in [0.2, 0.25) is 5.76 Å². The molecule has 0 spiro atoms. The number of ether oxygens (including phenoxy) is 2. The van der Waals surface area contributed by atoms with Crippen molar-refractivity contribution in [1.29, 1.82) is 0 Å². The molecule has 0 aliphatic carbocycles. The summed E-state index contributed by atoms with van der Waals surface area (Å²) in [5.74, 6) is 2.61. The molecule has 1 aromatic carbocycles. The molecule has 1 fully saturated rings. The fourth-order valence-corrected chi connectivity index (χ4v) is 4.74. The molecule has 0 radical (unpaired) electrons. The molecule has 0 bridgehead atoms. The molecule has 32 heavy (non-hydrogen) atoms. The van der Waals surface area contributed by atoms with Crippen LogP contribution in [0.25, 0.3) is 5.69 Å². The summed E-state index contributed by atoms with van der Waals surface area (Å²) in [6.45, 7) is 4.34. The molecule has 1 saturated heterocycles. The maximum Gasteiger partial charge on any atom is 0.373 e. The number of methoxy groups -OCH3 is 2. The number of carbonyl (C=O) groups is 1. The fraction of sp³-hybridized carbons (Fsp3) is 0.435. The first-order valence-electron chi connectivity index (χ1n) is 10.7. The molecule has 3 aromatic rings. The van der Waals surface area contributed by atoms with Crippen LogP contribution in [0.15, 0.2) is 46.0 Å². The minimum Gasteiger partial charge on any atom is -0.497 e. The van der Waals surface area contributed by atoms with Gasteiger partial charge in [-0.1, -0.05) is 18.2 Å². The number of nitrogens with zero attached hydrogens (tertiary/aromatic N) is 4. The number of benzene rings is 1. The van der Waals surface area contributed by atoms with E-state index < -0.39 is 5.97 Å². The Balaban J connectivity index is 1.61. The zero-order valence-electron chi connectivity index (χ0n) is 18.6. The molecule has 2 aromatic heterocycles. The number of hydrogen-bond donors (Lipinski definition) is 0. The third kappa shape index (κ3) is 4.83. The van der Waals surface area contributed by atoms with E-state index in [2.05, 4.69) is 26.6 Å². The molecule has 8 nitrogen and oxygen atoms in total. The third-order valence-corrected chi connectivity index (χ3v) is 6.64. The van der Waals surface area contributed by atoms with E-state index in [0.717, 1.165) is 35.5 Å². The van der Waals surface area contributed by atoms with Gasteiger partial charge in [0.15, 0.2) is 11.0 Å². The second kappa shape index (κ2) is 10.2. The van der Waals surface area contributed by atoms with Crippen molar-refractivity contribution < 1.29 is 18.7 Å². The van der Waals surface area contributed by atoms with E-state index in [0.29, 0.717) is 11.5 Å². The average molecular weight is 457 g/mol. The number of hydrogen-bond acceptors (Lipinski definition) is 8. The van der Waals surface area contributed by atoms with Crippen LogP contribution >= 0.6 is 11.8 Å². The highest BCUT2D eigenvalue weighted by Crippen LogP contribution is 2.31. The Morgan fingerprint density at radius 1 is 1.09 bits per heavy atom. The van der Waals surface area contributed by atoms with Crippen LogP contribution in [0.3, 0.4) is 0 Å². The van der Waals surface area contributed by atoms with Gasteiger partial charge in [-0.3, -0.25) is 9.47 Å². The van der Waals surface area contributed by atoms with Crippen molar-refractivity contribution in [3.05, 3.63) is 53.7 Å². The summed E-state index contributed by atoms with van der Waals surface area (Å²) in [4.78, 5) is 14.1. The summed E-state index contributed by atoms with van der Waals surface area (Å²) >= 11 is 1.52. The predicted octanol–water partition coefficient (Wildman–Crippen LogP) is 4.49. The largest absolute Gasteiger partial charge is 0.497 e. The molecular formula is C23H28N4O4S. The van der Waals surface area contributed by atoms with Crippen LogP contribution in [-0.4, -0.2) is 52.9 Å². The highest BCUT2D eigenvalue weighted by atomic mass is 32.2. The zero-order valence-corrected chi connectivity index (χ0v) is 19.4. The van der Waals surface area contributed by atoms with Crippen LogP contribution in [0.5, 0.6) is 5.75 Å². The van der Waals surface area contributed by atoms with Crippen molar-refractivity contribution in [2.24, 2.45) is 0 Å². The standard InChI is InChI=1S/C23H28N4O4S/c1-16(26-13-5-4-6-14-26)21-24-25-23(27(21)17-7-9-18(29-2)10-8-17)32-15-19-11-12-20(31-19)22(28)30-3/h7-12,16H,4-6,13-15H2,1-3H3. The molecule has 4 rings (SSSR count).